The van der Waals surface area contributed by atoms with Crippen LogP contribution < -0.4 is 5.32 Å². The second-order valence-corrected chi connectivity index (χ2v) is 6.56. The molecule has 3 nitrogen and oxygen atoms in total. The van der Waals surface area contributed by atoms with E-state index in [0.717, 1.165) is 18.4 Å². The van der Waals surface area contributed by atoms with Crippen LogP contribution >= 0.6 is 23.2 Å². The van der Waals surface area contributed by atoms with Gasteiger partial charge in [0.1, 0.15) is 0 Å². The normalized spacial score (nSPS) is 30.4. The van der Waals surface area contributed by atoms with Crippen LogP contribution in [0, 0.1) is 11.8 Å². The first-order chi connectivity index (χ1) is 10.1. The lowest BCUT2D eigenvalue weighted by atomic mass is 10.1. The quantitative estimate of drug-likeness (QED) is 0.835. The molecule has 3 rings (SSSR count). The van der Waals surface area contributed by atoms with Crippen molar-refractivity contribution in [2.24, 2.45) is 11.8 Å². The Hall–Kier alpha value is -1.03. The van der Waals surface area contributed by atoms with Crippen molar-refractivity contribution in [3.05, 3.63) is 46.0 Å². The molecule has 1 amide bonds. The molecule has 0 saturated heterocycles. The number of rotatable bonds is 4. The molecule has 0 heterocycles. The fraction of sp³-hybridized carbons (Fsp3) is 0.438. The third-order valence-corrected chi connectivity index (χ3v) is 5.08. The van der Waals surface area contributed by atoms with Crippen LogP contribution in [0.25, 0.3) is 0 Å². The molecule has 0 bridgehead atoms. The molecule has 2 aliphatic carbocycles. The Labute approximate surface area is 133 Å². The lowest BCUT2D eigenvalue weighted by Crippen LogP contribution is -2.34. The molecular weight excluding hydrogens is 309 g/mol. The van der Waals surface area contributed by atoms with Gasteiger partial charge < -0.3 is 10.4 Å². The minimum Gasteiger partial charge on any atom is -0.396 e. The summed E-state index contributed by atoms with van der Waals surface area (Å²) < 4.78 is 0. The van der Waals surface area contributed by atoms with Crippen LogP contribution in [-0.4, -0.2) is 23.7 Å². The predicted octanol–water partition coefficient (Wildman–Crippen LogP) is 3.15. The average molecular weight is 326 g/mol. The second kappa shape index (κ2) is 5.99. The number of hydrogen-bond donors (Lipinski definition) is 2. The van der Waals surface area contributed by atoms with E-state index in [1.165, 1.54) is 0 Å². The predicted molar refractivity (Wildman–Crippen MR) is 83.6 cm³/mol. The molecule has 0 aliphatic heterocycles. The molecule has 1 aromatic rings. The van der Waals surface area contributed by atoms with Gasteiger partial charge in [0.25, 0.3) is 0 Å². The summed E-state index contributed by atoms with van der Waals surface area (Å²) in [6, 6.07) is 5.58. The molecule has 5 heteroatoms. The summed E-state index contributed by atoms with van der Waals surface area (Å²) in [5.41, 5.74) is 0.958. The standard InChI is InChI=1S/C16H17Cl2NO2/c17-14-3-1-2-11(15(14)18)12-7-13(12)16(21)19-10-5-4-9(6-10)8-20/h1-5,9-10,12-13,20H,6-8H2,(H,19,21)/t9-,10+,12?,13?/m0/s1. The van der Waals surface area contributed by atoms with Crippen LogP contribution in [0.5, 0.6) is 0 Å². The van der Waals surface area contributed by atoms with Gasteiger partial charge >= 0.3 is 0 Å². The number of carbonyl (C=O) groups excluding carboxylic acids is 1. The summed E-state index contributed by atoms with van der Waals surface area (Å²) in [5, 5.41) is 13.2. The van der Waals surface area contributed by atoms with E-state index in [9.17, 15) is 4.79 Å². The molecule has 0 aromatic heterocycles. The van der Waals surface area contributed by atoms with Crippen LogP contribution in [0.15, 0.2) is 30.4 Å². The topological polar surface area (TPSA) is 49.3 Å². The van der Waals surface area contributed by atoms with Crippen molar-refractivity contribution < 1.29 is 9.90 Å². The number of carbonyl (C=O) groups is 1. The average Bonchev–Trinajstić information content (AvgIpc) is 3.14. The summed E-state index contributed by atoms with van der Waals surface area (Å²) in [7, 11) is 0. The molecule has 0 spiro atoms. The smallest absolute Gasteiger partial charge is 0.224 e. The summed E-state index contributed by atoms with van der Waals surface area (Å²) in [6.45, 7) is 0.132. The maximum Gasteiger partial charge on any atom is 0.224 e. The largest absolute Gasteiger partial charge is 0.396 e. The molecular formula is C16H17Cl2NO2. The van der Waals surface area contributed by atoms with Crippen molar-refractivity contribution in [3.8, 4) is 0 Å². The Morgan fingerprint density at radius 1 is 1.29 bits per heavy atom. The summed E-state index contributed by atoms with van der Waals surface area (Å²) in [4.78, 5) is 12.3. The van der Waals surface area contributed by atoms with Gasteiger partial charge in [-0.15, -0.1) is 0 Å². The zero-order chi connectivity index (χ0) is 15.0. The van der Waals surface area contributed by atoms with Crippen molar-refractivity contribution in [2.45, 2.75) is 24.8 Å². The monoisotopic (exact) mass is 325 g/mol. The van der Waals surface area contributed by atoms with E-state index in [4.69, 9.17) is 28.3 Å². The number of aliphatic hydroxyl groups is 1. The number of halogens is 2. The maximum absolute atomic E-state index is 12.3. The highest BCUT2D eigenvalue weighted by Gasteiger charge is 2.45. The van der Waals surface area contributed by atoms with E-state index in [1.54, 1.807) is 6.07 Å². The van der Waals surface area contributed by atoms with Gasteiger partial charge in [-0.3, -0.25) is 4.79 Å². The Bertz CT molecular complexity index is 588. The number of hydrogen-bond acceptors (Lipinski definition) is 2. The fourth-order valence-corrected chi connectivity index (χ4v) is 3.39. The summed E-state index contributed by atoms with van der Waals surface area (Å²) >= 11 is 12.2. The Morgan fingerprint density at radius 2 is 2.10 bits per heavy atom. The van der Waals surface area contributed by atoms with Gasteiger partial charge in [-0.1, -0.05) is 47.5 Å². The lowest BCUT2D eigenvalue weighted by Gasteiger charge is -2.13. The van der Waals surface area contributed by atoms with Gasteiger partial charge in [0.05, 0.1) is 10.0 Å². The zero-order valence-electron chi connectivity index (χ0n) is 11.4. The fourth-order valence-electron chi connectivity index (χ4n) is 2.94. The first-order valence-corrected chi connectivity index (χ1v) is 7.89. The Balaban J connectivity index is 1.59. The molecule has 2 aliphatic rings. The van der Waals surface area contributed by atoms with Gasteiger partial charge in [-0.2, -0.15) is 0 Å². The van der Waals surface area contributed by atoms with Crippen molar-refractivity contribution in [3.63, 3.8) is 0 Å². The molecule has 4 atom stereocenters. The molecule has 2 unspecified atom stereocenters. The first kappa shape index (κ1) is 14.9. The van der Waals surface area contributed by atoms with E-state index in [-0.39, 0.29) is 36.3 Å². The van der Waals surface area contributed by atoms with Gasteiger partial charge in [-0.05, 0) is 30.4 Å². The van der Waals surface area contributed by atoms with Crippen molar-refractivity contribution in [2.75, 3.05) is 6.61 Å². The van der Waals surface area contributed by atoms with Gasteiger partial charge in [0.2, 0.25) is 5.91 Å². The minimum atomic E-state index is -0.0254. The number of amides is 1. The lowest BCUT2D eigenvalue weighted by molar-refractivity contribution is -0.122. The maximum atomic E-state index is 12.3. The Morgan fingerprint density at radius 3 is 2.81 bits per heavy atom. The third kappa shape index (κ3) is 3.10. The molecule has 1 saturated carbocycles. The first-order valence-electron chi connectivity index (χ1n) is 7.13. The molecule has 1 aromatic carbocycles. The van der Waals surface area contributed by atoms with Crippen LogP contribution in [-0.2, 0) is 4.79 Å². The van der Waals surface area contributed by atoms with Crippen molar-refractivity contribution >= 4 is 29.1 Å². The van der Waals surface area contributed by atoms with Gasteiger partial charge in [0.15, 0.2) is 0 Å². The number of nitrogens with one attached hydrogen (secondary N) is 1. The molecule has 0 radical (unpaired) electrons. The van der Waals surface area contributed by atoms with Crippen molar-refractivity contribution in [1.29, 1.82) is 0 Å². The van der Waals surface area contributed by atoms with Gasteiger partial charge in [0, 0.05) is 24.5 Å². The van der Waals surface area contributed by atoms with E-state index in [0.29, 0.717) is 10.0 Å². The molecule has 2 N–H and O–H groups in total. The molecule has 112 valence electrons. The van der Waals surface area contributed by atoms with Crippen LogP contribution in [0.3, 0.4) is 0 Å². The van der Waals surface area contributed by atoms with Crippen LogP contribution in [0.1, 0.15) is 24.3 Å². The number of benzene rings is 1. The highest BCUT2D eigenvalue weighted by Crippen LogP contribution is 2.50. The second-order valence-electron chi connectivity index (χ2n) is 5.77. The highest BCUT2D eigenvalue weighted by atomic mass is 35.5. The van der Waals surface area contributed by atoms with Crippen molar-refractivity contribution in [1.82, 2.24) is 5.32 Å². The van der Waals surface area contributed by atoms with Gasteiger partial charge in [-0.25, -0.2) is 0 Å². The van der Waals surface area contributed by atoms with E-state index in [1.807, 2.05) is 24.3 Å². The molecule has 21 heavy (non-hydrogen) atoms. The van der Waals surface area contributed by atoms with Crippen LogP contribution in [0.2, 0.25) is 10.0 Å². The van der Waals surface area contributed by atoms with E-state index >= 15 is 0 Å². The summed E-state index contributed by atoms with van der Waals surface area (Å²) in [5.74, 6) is 0.356. The van der Waals surface area contributed by atoms with E-state index < -0.39 is 0 Å². The van der Waals surface area contributed by atoms with E-state index in [2.05, 4.69) is 5.32 Å². The zero-order valence-corrected chi connectivity index (χ0v) is 12.9. The molecule has 1 fully saturated rings. The SMILES string of the molecule is O=C(N[C@@H]1C=C[C@H](CO)C1)C1CC1c1cccc(Cl)c1Cl. The van der Waals surface area contributed by atoms with Crippen LogP contribution in [0.4, 0.5) is 0 Å². The third-order valence-electron chi connectivity index (χ3n) is 4.24. The Kier molecular flexibility index (Phi) is 4.25. The highest BCUT2D eigenvalue weighted by molar-refractivity contribution is 6.42. The summed E-state index contributed by atoms with van der Waals surface area (Å²) in [6.07, 6.45) is 5.51. The number of aliphatic hydroxyl groups excluding tert-OH is 1. The minimum absolute atomic E-state index is 0.0254.